The molecule has 33 heavy (non-hydrogen) atoms. The van der Waals surface area contributed by atoms with E-state index in [1.54, 1.807) is 0 Å². The van der Waals surface area contributed by atoms with Gasteiger partial charge in [-0.05, 0) is 71.9 Å². The Bertz CT molecular complexity index is 947. The van der Waals surface area contributed by atoms with E-state index in [2.05, 4.69) is 52.6 Å². The van der Waals surface area contributed by atoms with Gasteiger partial charge in [-0.25, -0.2) is 14.6 Å². The summed E-state index contributed by atoms with van der Waals surface area (Å²) < 4.78 is 5.57. The topological polar surface area (TPSA) is 76.5 Å². The molecular formula is C28H39NO4. The van der Waals surface area contributed by atoms with Crippen LogP contribution in [0.2, 0.25) is 0 Å². The van der Waals surface area contributed by atoms with Crippen molar-refractivity contribution in [2.45, 2.75) is 97.8 Å². The van der Waals surface area contributed by atoms with Gasteiger partial charge < -0.3 is 9.84 Å². The molecule has 0 fully saturated rings. The fourth-order valence-electron chi connectivity index (χ4n) is 4.22. The molecule has 1 atom stereocenters. The minimum atomic E-state index is -1.11. The first-order valence-corrected chi connectivity index (χ1v) is 12.2. The molecule has 0 radical (unpaired) electrons. The second kappa shape index (κ2) is 12.0. The van der Waals surface area contributed by atoms with Gasteiger partial charge in [-0.3, -0.25) is 0 Å². The maximum absolute atomic E-state index is 13.1. The highest BCUT2D eigenvalue weighted by molar-refractivity contribution is 5.93. The number of pyridine rings is 1. The second-order valence-corrected chi connectivity index (χ2v) is 9.66. The van der Waals surface area contributed by atoms with Gasteiger partial charge >= 0.3 is 11.9 Å². The van der Waals surface area contributed by atoms with Crippen molar-refractivity contribution in [3.63, 3.8) is 0 Å². The van der Waals surface area contributed by atoms with Gasteiger partial charge in [0.05, 0.1) is 11.8 Å². The maximum atomic E-state index is 13.1. The molecule has 1 aromatic carbocycles. The predicted octanol–water partition coefficient (Wildman–Crippen LogP) is 7.32. The van der Waals surface area contributed by atoms with Crippen LogP contribution >= 0.6 is 0 Å². The highest BCUT2D eigenvalue weighted by atomic mass is 16.5. The first-order chi connectivity index (χ1) is 15.6. The Morgan fingerprint density at radius 1 is 1.15 bits per heavy atom. The molecule has 0 saturated carbocycles. The first kappa shape index (κ1) is 26.6. The number of carboxylic acid groups (broad SMARTS) is 1. The molecule has 1 unspecified atom stereocenters. The molecule has 0 aliphatic heterocycles. The van der Waals surface area contributed by atoms with Crippen LogP contribution in [-0.4, -0.2) is 22.0 Å². The number of nitrogens with zero attached hydrogens (tertiary/aromatic N) is 1. The molecule has 2 aromatic rings. The Kier molecular flexibility index (Phi) is 9.63. The van der Waals surface area contributed by atoms with E-state index in [0.717, 1.165) is 44.1 Å². The Morgan fingerprint density at radius 3 is 2.42 bits per heavy atom. The number of carboxylic acids is 1. The van der Waals surface area contributed by atoms with Crippen molar-refractivity contribution in [2.75, 3.05) is 0 Å². The molecule has 3 rings (SSSR count). The normalized spacial score (nSPS) is 16.2. The average Bonchev–Trinajstić information content (AvgIpc) is 2.77. The van der Waals surface area contributed by atoms with Crippen molar-refractivity contribution in [2.24, 2.45) is 0 Å². The highest BCUT2D eigenvalue weighted by Crippen LogP contribution is 2.43. The predicted molar refractivity (Wildman–Crippen MR) is 132 cm³/mol. The summed E-state index contributed by atoms with van der Waals surface area (Å²) in [6.45, 7) is 13.1. The summed E-state index contributed by atoms with van der Waals surface area (Å²) in [5.74, 6) is -0.800. The molecule has 1 aliphatic rings. The van der Waals surface area contributed by atoms with E-state index in [0.29, 0.717) is 11.5 Å². The molecule has 1 heterocycles. The van der Waals surface area contributed by atoms with E-state index in [1.807, 2.05) is 6.07 Å². The van der Waals surface area contributed by atoms with E-state index in [1.165, 1.54) is 35.9 Å². The standard InChI is InChI=1S/C25H31NO4.C3H8/c1-5-6-7-8-17-13-19-16(2)11-12-25(3,4)21(19)14-20(17)24(29)30-18-9-10-22(23(27)28)26-15-18;1-3-2/h9-10,13-16H,5-8,11-12H2,1-4H3,(H,27,28);3H2,1-2H3. The van der Waals surface area contributed by atoms with Gasteiger partial charge in [0.2, 0.25) is 0 Å². The molecule has 0 spiro atoms. The number of aromatic carboxylic acids is 1. The van der Waals surface area contributed by atoms with Crippen LogP contribution in [0.1, 0.15) is 124 Å². The van der Waals surface area contributed by atoms with Crippen LogP contribution in [-0.2, 0) is 11.8 Å². The Labute approximate surface area is 198 Å². The van der Waals surface area contributed by atoms with Crippen molar-refractivity contribution >= 4 is 11.9 Å². The number of carbonyl (C=O) groups is 2. The van der Waals surface area contributed by atoms with Gasteiger partial charge in [0.25, 0.3) is 0 Å². The van der Waals surface area contributed by atoms with Crippen molar-refractivity contribution in [1.82, 2.24) is 4.98 Å². The summed E-state index contributed by atoms with van der Waals surface area (Å²) >= 11 is 0. The summed E-state index contributed by atoms with van der Waals surface area (Å²) in [5, 5.41) is 8.99. The van der Waals surface area contributed by atoms with Crippen molar-refractivity contribution in [3.8, 4) is 5.75 Å². The molecular weight excluding hydrogens is 414 g/mol. The lowest BCUT2D eigenvalue weighted by atomic mass is 9.68. The number of benzene rings is 1. The minimum Gasteiger partial charge on any atom is -0.477 e. The largest absolute Gasteiger partial charge is 0.477 e. The number of hydrogen-bond acceptors (Lipinski definition) is 4. The molecule has 1 aliphatic carbocycles. The zero-order valence-corrected chi connectivity index (χ0v) is 21.0. The van der Waals surface area contributed by atoms with E-state index in [9.17, 15) is 9.59 Å². The molecule has 5 heteroatoms. The maximum Gasteiger partial charge on any atom is 0.354 e. The summed E-state index contributed by atoms with van der Waals surface area (Å²) in [4.78, 5) is 27.9. The van der Waals surface area contributed by atoms with E-state index >= 15 is 0 Å². The van der Waals surface area contributed by atoms with Crippen LogP contribution < -0.4 is 4.74 Å². The third-order valence-corrected chi connectivity index (χ3v) is 6.17. The molecule has 180 valence electrons. The molecule has 0 amide bonds. The second-order valence-electron chi connectivity index (χ2n) is 9.66. The molecule has 1 aromatic heterocycles. The number of aryl methyl sites for hydroxylation is 1. The molecule has 5 nitrogen and oxygen atoms in total. The van der Waals surface area contributed by atoms with Crippen molar-refractivity contribution < 1.29 is 19.4 Å². The van der Waals surface area contributed by atoms with Gasteiger partial charge in [-0.15, -0.1) is 0 Å². The lowest BCUT2D eigenvalue weighted by Gasteiger charge is -2.36. The van der Waals surface area contributed by atoms with Crippen molar-refractivity contribution in [3.05, 3.63) is 58.4 Å². The number of carbonyl (C=O) groups excluding carboxylic acids is 1. The lowest BCUT2D eigenvalue weighted by molar-refractivity contribution is 0.0690. The van der Waals surface area contributed by atoms with Gasteiger partial charge in [0, 0.05) is 0 Å². The van der Waals surface area contributed by atoms with Crippen LogP contribution in [0.3, 0.4) is 0 Å². The fraction of sp³-hybridized carbons (Fsp3) is 0.536. The minimum absolute atomic E-state index is 0.0174. The van der Waals surface area contributed by atoms with Crippen LogP contribution in [0.4, 0.5) is 0 Å². The summed E-state index contributed by atoms with van der Waals surface area (Å²) in [6, 6.07) is 7.06. The third-order valence-electron chi connectivity index (χ3n) is 6.17. The summed E-state index contributed by atoms with van der Waals surface area (Å²) in [6.07, 6.45) is 8.88. The number of unbranched alkanes of at least 4 members (excludes halogenated alkanes) is 2. The lowest BCUT2D eigenvalue weighted by Crippen LogP contribution is -2.27. The Balaban J connectivity index is 0.00000122. The summed E-state index contributed by atoms with van der Waals surface area (Å²) in [5.41, 5.74) is 4.15. The van der Waals surface area contributed by atoms with Crippen LogP contribution in [0, 0.1) is 0 Å². The number of esters is 1. The fourth-order valence-corrected chi connectivity index (χ4v) is 4.22. The average molecular weight is 454 g/mol. The number of hydrogen-bond donors (Lipinski definition) is 1. The number of ether oxygens (including phenoxy) is 1. The first-order valence-electron chi connectivity index (χ1n) is 12.2. The summed E-state index contributed by atoms with van der Waals surface area (Å²) in [7, 11) is 0. The van der Waals surface area contributed by atoms with E-state index < -0.39 is 11.9 Å². The van der Waals surface area contributed by atoms with Gasteiger partial charge in [0.15, 0.2) is 0 Å². The SMILES string of the molecule is CCC.CCCCCc1cc2c(cc1C(=O)Oc1ccc(C(=O)O)nc1)C(C)(C)CCC2C. The Hall–Kier alpha value is -2.69. The number of fused-ring (bicyclic) bond motifs is 1. The zero-order valence-electron chi connectivity index (χ0n) is 21.0. The number of rotatable bonds is 7. The Morgan fingerprint density at radius 2 is 1.85 bits per heavy atom. The smallest absolute Gasteiger partial charge is 0.354 e. The highest BCUT2D eigenvalue weighted by Gasteiger charge is 2.33. The molecule has 0 bridgehead atoms. The monoisotopic (exact) mass is 453 g/mol. The van der Waals surface area contributed by atoms with Gasteiger partial charge in [-0.2, -0.15) is 0 Å². The third kappa shape index (κ3) is 6.89. The quantitative estimate of drug-likeness (QED) is 0.351. The van der Waals surface area contributed by atoms with E-state index in [4.69, 9.17) is 9.84 Å². The van der Waals surface area contributed by atoms with Crippen LogP contribution in [0.5, 0.6) is 5.75 Å². The van der Waals surface area contributed by atoms with Gasteiger partial charge in [-0.1, -0.05) is 66.9 Å². The zero-order chi connectivity index (χ0) is 24.6. The molecule has 1 N–H and O–H groups in total. The number of aromatic nitrogens is 1. The van der Waals surface area contributed by atoms with Crippen molar-refractivity contribution in [1.29, 1.82) is 0 Å². The molecule has 0 saturated heterocycles. The van der Waals surface area contributed by atoms with E-state index in [-0.39, 0.29) is 16.9 Å². The van der Waals surface area contributed by atoms with Crippen LogP contribution in [0.15, 0.2) is 30.5 Å². The van der Waals surface area contributed by atoms with Crippen LogP contribution in [0.25, 0.3) is 0 Å². The van der Waals surface area contributed by atoms with Gasteiger partial charge in [0.1, 0.15) is 11.4 Å².